The van der Waals surface area contributed by atoms with Gasteiger partial charge in [0, 0.05) is 18.5 Å². The molecule has 1 aromatic rings. The third-order valence-corrected chi connectivity index (χ3v) is 6.46. The van der Waals surface area contributed by atoms with Crippen LogP contribution in [-0.2, 0) is 9.53 Å². The van der Waals surface area contributed by atoms with E-state index in [9.17, 15) is 9.18 Å². The standard InChI is InChI=1S/C23H34FNO3/c1-17(2)20-5-4-19(24)16-21(20)28-15-14-27-13-12-25-22(26)18-6-10-23(11-7-18)8-3-9-23/h4-5,16-18H,3,6-15H2,1-2H3,(H,25,26). The number of hydrogen-bond acceptors (Lipinski definition) is 3. The van der Waals surface area contributed by atoms with Gasteiger partial charge < -0.3 is 14.8 Å². The first-order valence-electron chi connectivity index (χ1n) is 10.8. The second-order valence-corrected chi connectivity index (χ2v) is 8.72. The van der Waals surface area contributed by atoms with Crippen LogP contribution in [0.2, 0.25) is 0 Å². The summed E-state index contributed by atoms with van der Waals surface area (Å²) < 4.78 is 24.7. The van der Waals surface area contributed by atoms with Crippen molar-refractivity contribution in [1.82, 2.24) is 5.32 Å². The van der Waals surface area contributed by atoms with Crippen molar-refractivity contribution in [2.24, 2.45) is 11.3 Å². The van der Waals surface area contributed by atoms with Gasteiger partial charge in [-0.15, -0.1) is 0 Å². The molecular formula is C23H34FNO3. The monoisotopic (exact) mass is 391 g/mol. The van der Waals surface area contributed by atoms with Crippen LogP contribution in [0.1, 0.15) is 70.3 Å². The number of carbonyl (C=O) groups excluding carboxylic acids is 1. The Kier molecular flexibility index (Phi) is 7.33. The number of halogens is 1. The number of amides is 1. The van der Waals surface area contributed by atoms with E-state index in [0.29, 0.717) is 37.5 Å². The van der Waals surface area contributed by atoms with Crippen LogP contribution < -0.4 is 10.1 Å². The summed E-state index contributed by atoms with van der Waals surface area (Å²) in [5.74, 6) is 0.903. The van der Waals surface area contributed by atoms with Crippen molar-refractivity contribution >= 4 is 5.91 Å². The van der Waals surface area contributed by atoms with Crippen molar-refractivity contribution in [3.8, 4) is 5.75 Å². The van der Waals surface area contributed by atoms with E-state index in [1.807, 2.05) is 0 Å². The zero-order valence-electron chi connectivity index (χ0n) is 17.3. The lowest BCUT2D eigenvalue weighted by atomic mass is 9.59. The van der Waals surface area contributed by atoms with Crippen LogP contribution in [0, 0.1) is 17.2 Å². The highest BCUT2D eigenvalue weighted by molar-refractivity contribution is 5.78. The molecule has 156 valence electrons. The fourth-order valence-corrected chi connectivity index (χ4v) is 4.48. The molecule has 0 aromatic heterocycles. The quantitative estimate of drug-likeness (QED) is 0.614. The van der Waals surface area contributed by atoms with E-state index in [4.69, 9.17) is 9.47 Å². The van der Waals surface area contributed by atoms with Crippen LogP contribution in [0.25, 0.3) is 0 Å². The largest absolute Gasteiger partial charge is 0.491 e. The van der Waals surface area contributed by atoms with Gasteiger partial charge in [0.1, 0.15) is 18.2 Å². The highest BCUT2D eigenvalue weighted by atomic mass is 19.1. The maximum absolute atomic E-state index is 13.4. The first-order chi connectivity index (χ1) is 13.5. The molecule has 0 bridgehead atoms. The highest BCUT2D eigenvalue weighted by Crippen LogP contribution is 2.52. The second-order valence-electron chi connectivity index (χ2n) is 8.72. The van der Waals surface area contributed by atoms with Gasteiger partial charge in [0.2, 0.25) is 5.91 Å². The van der Waals surface area contributed by atoms with Crippen molar-refractivity contribution < 1.29 is 18.7 Å². The minimum Gasteiger partial charge on any atom is -0.491 e. The number of hydrogen-bond donors (Lipinski definition) is 1. The summed E-state index contributed by atoms with van der Waals surface area (Å²) in [7, 11) is 0. The van der Waals surface area contributed by atoms with Crippen LogP contribution in [0.4, 0.5) is 4.39 Å². The summed E-state index contributed by atoms with van der Waals surface area (Å²) in [5, 5.41) is 3.00. The van der Waals surface area contributed by atoms with Gasteiger partial charge in [-0.05, 0) is 61.5 Å². The molecule has 0 atom stereocenters. The maximum atomic E-state index is 13.4. The maximum Gasteiger partial charge on any atom is 0.223 e. The number of benzene rings is 1. The lowest BCUT2D eigenvalue weighted by Gasteiger charge is -2.46. The third kappa shape index (κ3) is 5.47. The number of ether oxygens (including phenoxy) is 2. The summed E-state index contributed by atoms with van der Waals surface area (Å²) in [6, 6.07) is 4.65. The fraction of sp³-hybridized carbons (Fsp3) is 0.696. The summed E-state index contributed by atoms with van der Waals surface area (Å²) in [4.78, 5) is 12.3. The smallest absolute Gasteiger partial charge is 0.223 e. The molecule has 2 saturated carbocycles. The minimum absolute atomic E-state index is 0.176. The van der Waals surface area contributed by atoms with E-state index in [0.717, 1.165) is 18.4 Å². The average molecular weight is 392 g/mol. The molecule has 2 aliphatic rings. The van der Waals surface area contributed by atoms with Crippen LogP contribution in [0.15, 0.2) is 18.2 Å². The molecule has 1 aromatic carbocycles. The summed E-state index contributed by atoms with van der Waals surface area (Å²) >= 11 is 0. The molecule has 0 radical (unpaired) electrons. The summed E-state index contributed by atoms with van der Waals surface area (Å²) in [5.41, 5.74) is 1.58. The van der Waals surface area contributed by atoms with Crippen molar-refractivity contribution in [3.63, 3.8) is 0 Å². The normalized spacial score (nSPS) is 18.9. The van der Waals surface area contributed by atoms with Gasteiger partial charge in [-0.3, -0.25) is 4.79 Å². The lowest BCUT2D eigenvalue weighted by molar-refractivity contribution is -0.127. The van der Waals surface area contributed by atoms with Gasteiger partial charge in [0.25, 0.3) is 0 Å². The molecule has 0 unspecified atom stereocenters. The second kappa shape index (κ2) is 9.73. The molecule has 5 heteroatoms. The number of rotatable bonds is 9. The Morgan fingerprint density at radius 3 is 2.57 bits per heavy atom. The molecule has 28 heavy (non-hydrogen) atoms. The fourth-order valence-electron chi connectivity index (χ4n) is 4.48. The van der Waals surface area contributed by atoms with Crippen LogP contribution >= 0.6 is 0 Å². The van der Waals surface area contributed by atoms with Crippen molar-refractivity contribution in [1.29, 1.82) is 0 Å². The Hall–Kier alpha value is -1.62. The van der Waals surface area contributed by atoms with Gasteiger partial charge in [0.05, 0.1) is 13.2 Å². The van der Waals surface area contributed by atoms with Crippen LogP contribution in [-0.4, -0.2) is 32.3 Å². The van der Waals surface area contributed by atoms with E-state index in [1.165, 1.54) is 44.2 Å². The van der Waals surface area contributed by atoms with E-state index >= 15 is 0 Å². The number of nitrogens with one attached hydrogen (secondary N) is 1. The molecule has 3 rings (SSSR count). The van der Waals surface area contributed by atoms with Crippen molar-refractivity contribution in [2.75, 3.05) is 26.4 Å². The Labute approximate surface area is 168 Å². The van der Waals surface area contributed by atoms with E-state index in [2.05, 4.69) is 19.2 Å². The van der Waals surface area contributed by atoms with E-state index < -0.39 is 0 Å². The van der Waals surface area contributed by atoms with E-state index in [-0.39, 0.29) is 23.6 Å². The lowest BCUT2D eigenvalue weighted by Crippen LogP contribution is -2.40. The predicted octanol–water partition coefficient (Wildman–Crippen LogP) is 4.82. The molecule has 0 aliphatic heterocycles. The Bertz CT molecular complexity index is 647. The van der Waals surface area contributed by atoms with Crippen LogP contribution in [0.3, 0.4) is 0 Å². The third-order valence-electron chi connectivity index (χ3n) is 6.46. The molecule has 2 fully saturated rings. The molecule has 1 spiro atoms. The minimum atomic E-state index is -0.297. The van der Waals surface area contributed by atoms with Gasteiger partial charge in [-0.25, -0.2) is 4.39 Å². The molecular weight excluding hydrogens is 357 g/mol. The van der Waals surface area contributed by atoms with Gasteiger partial charge in [0.15, 0.2) is 0 Å². The first kappa shape index (κ1) is 21.1. The highest BCUT2D eigenvalue weighted by Gasteiger charge is 2.41. The molecule has 0 saturated heterocycles. The predicted molar refractivity (Wildman–Crippen MR) is 108 cm³/mol. The molecule has 4 nitrogen and oxygen atoms in total. The molecule has 1 amide bonds. The Morgan fingerprint density at radius 1 is 1.18 bits per heavy atom. The van der Waals surface area contributed by atoms with Crippen molar-refractivity contribution in [2.45, 2.75) is 64.7 Å². The van der Waals surface area contributed by atoms with Crippen LogP contribution in [0.5, 0.6) is 5.75 Å². The summed E-state index contributed by atoms with van der Waals surface area (Å²) in [6.45, 7) is 5.87. The van der Waals surface area contributed by atoms with E-state index in [1.54, 1.807) is 6.07 Å². The Balaban J connectivity index is 1.26. The topological polar surface area (TPSA) is 47.6 Å². The molecule has 0 heterocycles. The summed E-state index contributed by atoms with van der Waals surface area (Å²) in [6.07, 6.45) is 8.61. The first-order valence-corrected chi connectivity index (χ1v) is 10.8. The molecule has 2 aliphatic carbocycles. The van der Waals surface area contributed by atoms with Gasteiger partial charge in [-0.2, -0.15) is 0 Å². The zero-order chi connectivity index (χ0) is 20.0. The number of carbonyl (C=O) groups is 1. The zero-order valence-corrected chi connectivity index (χ0v) is 17.3. The SMILES string of the molecule is CC(C)c1ccc(F)cc1OCCOCCNC(=O)C1CCC2(CCC2)CC1. The van der Waals surface area contributed by atoms with Gasteiger partial charge in [-0.1, -0.05) is 26.3 Å². The van der Waals surface area contributed by atoms with Crippen molar-refractivity contribution in [3.05, 3.63) is 29.6 Å². The average Bonchev–Trinajstić information content (AvgIpc) is 2.65. The Morgan fingerprint density at radius 2 is 1.93 bits per heavy atom. The van der Waals surface area contributed by atoms with Gasteiger partial charge >= 0.3 is 0 Å². The molecule has 1 N–H and O–H groups in total.